The van der Waals surface area contributed by atoms with Crippen LogP contribution in [-0.2, 0) is 12.8 Å². The lowest BCUT2D eigenvalue weighted by Crippen LogP contribution is -2.30. The maximum atomic E-state index is 10.2. The number of hydrogen-bond donors (Lipinski definition) is 1. The molecular weight excluding hydrogens is 244 g/mol. The largest absolute Gasteiger partial charge is 0.487 e. The van der Waals surface area contributed by atoms with Crippen LogP contribution in [0.3, 0.4) is 0 Å². The Morgan fingerprint density at radius 2 is 2.22 bits per heavy atom. The fraction of sp³-hybridized carbons (Fsp3) is 0.333. The molecule has 0 saturated heterocycles. The van der Waals surface area contributed by atoms with Crippen LogP contribution < -0.4 is 4.74 Å². The highest BCUT2D eigenvalue weighted by molar-refractivity contribution is 7.07. The molecule has 1 N–H and O–H groups in total. The molecule has 94 valence electrons. The molecule has 0 radical (unpaired) electrons. The van der Waals surface area contributed by atoms with Crippen LogP contribution in [-0.4, -0.2) is 17.3 Å². The van der Waals surface area contributed by atoms with Crippen molar-refractivity contribution in [1.29, 1.82) is 0 Å². The molecule has 2 heterocycles. The van der Waals surface area contributed by atoms with Crippen molar-refractivity contribution in [2.75, 3.05) is 0 Å². The van der Waals surface area contributed by atoms with E-state index in [2.05, 4.69) is 22.9 Å². The molecule has 0 bridgehead atoms. The zero-order valence-corrected chi connectivity index (χ0v) is 10.9. The Balaban J connectivity index is 1.57. The van der Waals surface area contributed by atoms with Crippen LogP contribution >= 0.6 is 11.3 Å². The van der Waals surface area contributed by atoms with Gasteiger partial charge in [0.15, 0.2) is 0 Å². The quantitative estimate of drug-likeness (QED) is 0.915. The molecule has 0 amide bonds. The second kappa shape index (κ2) is 5.12. The summed E-state index contributed by atoms with van der Waals surface area (Å²) in [7, 11) is 0. The minimum absolute atomic E-state index is 0.0824. The summed E-state index contributed by atoms with van der Waals surface area (Å²) in [5.74, 6) is 0.928. The van der Waals surface area contributed by atoms with Crippen LogP contribution in [0.1, 0.15) is 17.5 Å². The van der Waals surface area contributed by atoms with Crippen molar-refractivity contribution in [3.05, 3.63) is 52.2 Å². The molecule has 1 aliphatic rings. The maximum Gasteiger partial charge on any atom is 0.129 e. The third-order valence-corrected chi connectivity index (χ3v) is 4.14. The lowest BCUT2D eigenvalue weighted by Gasteiger charge is -2.17. The highest BCUT2D eigenvalue weighted by Crippen LogP contribution is 2.30. The Kier molecular flexibility index (Phi) is 3.35. The van der Waals surface area contributed by atoms with E-state index in [4.69, 9.17) is 4.74 Å². The number of aryl methyl sites for hydroxylation is 1. The van der Waals surface area contributed by atoms with Crippen LogP contribution in [0.15, 0.2) is 41.1 Å². The van der Waals surface area contributed by atoms with Gasteiger partial charge in [-0.3, -0.25) is 0 Å². The van der Waals surface area contributed by atoms with Crippen LogP contribution in [0.25, 0.3) is 0 Å². The van der Waals surface area contributed by atoms with Gasteiger partial charge in [-0.25, -0.2) is 0 Å². The van der Waals surface area contributed by atoms with Gasteiger partial charge in [0.1, 0.15) is 11.9 Å². The van der Waals surface area contributed by atoms with E-state index in [1.807, 2.05) is 18.2 Å². The van der Waals surface area contributed by atoms with Gasteiger partial charge >= 0.3 is 0 Å². The first-order valence-electron chi connectivity index (χ1n) is 6.26. The van der Waals surface area contributed by atoms with Gasteiger partial charge in [0, 0.05) is 6.42 Å². The number of rotatable bonds is 4. The highest BCUT2D eigenvalue weighted by atomic mass is 32.1. The Morgan fingerprint density at radius 1 is 1.33 bits per heavy atom. The SMILES string of the molecule is OC(CCc1ccsc1)C1Cc2ccccc2O1. The van der Waals surface area contributed by atoms with Gasteiger partial charge in [-0.05, 0) is 46.9 Å². The summed E-state index contributed by atoms with van der Waals surface area (Å²) < 4.78 is 5.79. The third-order valence-electron chi connectivity index (χ3n) is 3.41. The Morgan fingerprint density at radius 3 is 3.00 bits per heavy atom. The monoisotopic (exact) mass is 260 g/mol. The van der Waals surface area contributed by atoms with Crippen molar-refractivity contribution >= 4 is 11.3 Å². The average molecular weight is 260 g/mol. The minimum atomic E-state index is -0.391. The van der Waals surface area contributed by atoms with E-state index in [0.29, 0.717) is 0 Å². The topological polar surface area (TPSA) is 29.5 Å². The van der Waals surface area contributed by atoms with E-state index in [1.54, 1.807) is 11.3 Å². The maximum absolute atomic E-state index is 10.2. The first kappa shape index (κ1) is 11.8. The molecule has 2 aromatic rings. The molecular formula is C15H16O2S. The van der Waals surface area contributed by atoms with Crippen LogP contribution in [0, 0.1) is 0 Å². The van der Waals surface area contributed by atoms with Gasteiger partial charge in [-0.15, -0.1) is 0 Å². The van der Waals surface area contributed by atoms with Crippen LogP contribution in [0.2, 0.25) is 0 Å². The third kappa shape index (κ3) is 2.42. The summed E-state index contributed by atoms with van der Waals surface area (Å²) in [6, 6.07) is 10.1. The van der Waals surface area contributed by atoms with Crippen molar-refractivity contribution < 1.29 is 9.84 Å². The molecule has 1 aliphatic heterocycles. The van der Waals surface area contributed by atoms with Gasteiger partial charge in [-0.2, -0.15) is 11.3 Å². The summed E-state index contributed by atoms with van der Waals surface area (Å²) in [5, 5.41) is 14.4. The molecule has 0 fully saturated rings. The van der Waals surface area contributed by atoms with Crippen LogP contribution in [0.5, 0.6) is 5.75 Å². The van der Waals surface area contributed by atoms with Gasteiger partial charge < -0.3 is 9.84 Å². The van der Waals surface area contributed by atoms with E-state index in [1.165, 1.54) is 11.1 Å². The standard InChI is InChI=1S/C15H16O2S/c16-13(6-5-11-7-8-18-10-11)15-9-12-3-1-2-4-14(12)17-15/h1-4,7-8,10,13,15-16H,5-6,9H2. The summed E-state index contributed by atoms with van der Waals surface area (Å²) in [6.45, 7) is 0. The molecule has 2 atom stereocenters. The number of benzene rings is 1. The smallest absolute Gasteiger partial charge is 0.129 e. The second-order valence-electron chi connectivity index (χ2n) is 4.71. The molecule has 3 heteroatoms. The summed E-state index contributed by atoms with van der Waals surface area (Å²) in [5.41, 5.74) is 2.51. The van der Waals surface area contributed by atoms with Gasteiger partial charge in [0.2, 0.25) is 0 Å². The van der Waals surface area contributed by atoms with Gasteiger partial charge in [0.05, 0.1) is 6.10 Å². The fourth-order valence-electron chi connectivity index (χ4n) is 2.36. The second-order valence-corrected chi connectivity index (χ2v) is 5.49. The molecule has 2 unspecified atom stereocenters. The number of ether oxygens (including phenoxy) is 1. The zero-order valence-electron chi connectivity index (χ0n) is 10.1. The number of fused-ring (bicyclic) bond motifs is 1. The van der Waals surface area contributed by atoms with E-state index < -0.39 is 6.10 Å². The predicted molar refractivity (Wildman–Crippen MR) is 73.2 cm³/mol. The van der Waals surface area contributed by atoms with Gasteiger partial charge in [-0.1, -0.05) is 18.2 Å². The number of aliphatic hydroxyl groups excluding tert-OH is 1. The Labute approximate surface area is 111 Å². The van der Waals surface area contributed by atoms with Crippen LogP contribution in [0.4, 0.5) is 0 Å². The summed E-state index contributed by atoms with van der Waals surface area (Å²) in [6.07, 6.45) is 2.02. The summed E-state index contributed by atoms with van der Waals surface area (Å²) >= 11 is 1.70. The summed E-state index contributed by atoms with van der Waals surface area (Å²) in [4.78, 5) is 0. The number of aliphatic hydroxyl groups is 1. The predicted octanol–water partition coefficient (Wildman–Crippen LogP) is 3.05. The first-order chi connectivity index (χ1) is 8.83. The van der Waals surface area contributed by atoms with E-state index >= 15 is 0 Å². The number of thiophene rings is 1. The molecule has 0 aliphatic carbocycles. The van der Waals surface area contributed by atoms with E-state index in [9.17, 15) is 5.11 Å². The van der Waals surface area contributed by atoms with Crippen molar-refractivity contribution in [1.82, 2.24) is 0 Å². The van der Waals surface area contributed by atoms with E-state index in [-0.39, 0.29) is 6.10 Å². The minimum Gasteiger partial charge on any atom is -0.487 e. The van der Waals surface area contributed by atoms with Crippen molar-refractivity contribution in [3.63, 3.8) is 0 Å². The average Bonchev–Trinajstić information content (AvgIpc) is 3.04. The molecule has 18 heavy (non-hydrogen) atoms. The van der Waals surface area contributed by atoms with Crippen molar-refractivity contribution in [2.45, 2.75) is 31.5 Å². The highest BCUT2D eigenvalue weighted by Gasteiger charge is 2.28. The molecule has 3 rings (SSSR count). The Hall–Kier alpha value is -1.32. The number of hydrogen-bond acceptors (Lipinski definition) is 3. The molecule has 1 aromatic heterocycles. The molecule has 0 spiro atoms. The fourth-order valence-corrected chi connectivity index (χ4v) is 3.06. The van der Waals surface area contributed by atoms with Crippen molar-refractivity contribution in [2.24, 2.45) is 0 Å². The van der Waals surface area contributed by atoms with Crippen molar-refractivity contribution in [3.8, 4) is 5.75 Å². The normalized spacial score (nSPS) is 19.3. The number of para-hydroxylation sites is 1. The molecule has 1 aromatic carbocycles. The lowest BCUT2D eigenvalue weighted by molar-refractivity contribution is 0.0443. The zero-order chi connectivity index (χ0) is 12.4. The lowest BCUT2D eigenvalue weighted by atomic mass is 10.0. The van der Waals surface area contributed by atoms with Gasteiger partial charge in [0.25, 0.3) is 0 Å². The first-order valence-corrected chi connectivity index (χ1v) is 7.21. The molecule has 2 nitrogen and oxygen atoms in total. The van der Waals surface area contributed by atoms with E-state index in [0.717, 1.165) is 25.0 Å². The molecule has 0 saturated carbocycles. The Bertz CT molecular complexity index is 482.